The molecule has 2 aromatic heterocycles. The van der Waals surface area contributed by atoms with E-state index in [-0.39, 0.29) is 11.6 Å². The Bertz CT molecular complexity index is 946. The lowest BCUT2D eigenvalue weighted by molar-refractivity contribution is 0.384. The van der Waals surface area contributed by atoms with E-state index in [1.165, 1.54) is 11.8 Å². The van der Waals surface area contributed by atoms with Crippen LogP contribution in [0, 0.1) is 0 Å². The van der Waals surface area contributed by atoms with Gasteiger partial charge in [0.05, 0.1) is 16.7 Å². The first-order chi connectivity index (χ1) is 12.3. The number of unbranched alkanes of at least 4 members (excludes halogenated alkanes) is 1. The molecule has 25 heavy (non-hydrogen) atoms. The highest BCUT2D eigenvalue weighted by atomic mass is 32.2. The molecule has 0 saturated heterocycles. The van der Waals surface area contributed by atoms with Crippen LogP contribution in [0.15, 0.2) is 38.7 Å². The minimum absolute atomic E-state index is 0.0461. The fourth-order valence-electron chi connectivity index (χ4n) is 2.79. The van der Waals surface area contributed by atoms with Gasteiger partial charge >= 0.3 is 0 Å². The SMILES string of the molecule is CCCCc1noc(CSc2nc3ccccc3c(=O)n2C2CC2)n1. The molecule has 1 aliphatic rings. The van der Waals surface area contributed by atoms with Crippen LogP contribution in [0.4, 0.5) is 0 Å². The highest BCUT2D eigenvalue weighted by Gasteiger charge is 2.28. The van der Waals surface area contributed by atoms with Gasteiger partial charge in [-0.15, -0.1) is 0 Å². The average Bonchev–Trinajstić information content (AvgIpc) is 3.36. The number of hydrogen-bond donors (Lipinski definition) is 0. The molecule has 1 aliphatic carbocycles. The number of rotatable bonds is 7. The molecule has 0 N–H and O–H groups in total. The van der Waals surface area contributed by atoms with Gasteiger partial charge in [0.15, 0.2) is 11.0 Å². The van der Waals surface area contributed by atoms with Crippen LogP contribution in [-0.2, 0) is 12.2 Å². The second kappa shape index (κ2) is 7.00. The second-order valence-corrected chi connectivity index (χ2v) is 7.26. The zero-order valence-electron chi connectivity index (χ0n) is 14.1. The zero-order chi connectivity index (χ0) is 17.2. The van der Waals surface area contributed by atoms with Gasteiger partial charge in [-0.1, -0.05) is 42.4 Å². The smallest absolute Gasteiger partial charge is 0.262 e. The Kier molecular flexibility index (Phi) is 4.57. The Labute approximate surface area is 149 Å². The Morgan fingerprint density at radius 2 is 2.12 bits per heavy atom. The van der Waals surface area contributed by atoms with Crippen LogP contribution in [0.5, 0.6) is 0 Å². The van der Waals surface area contributed by atoms with Gasteiger partial charge in [-0.3, -0.25) is 9.36 Å². The number of thioether (sulfide) groups is 1. The summed E-state index contributed by atoms with van der Waals surface area (Å²) in [5.41, 5.74) is 0.783. The summed E-state index contributed by atoms with van der Waals surface area (Å²) < 4.78 is 7.15. The number of nitrogens with zero attached hydrogens (tertiary/aromatic N) is 4. The van der Waals surface area contributed by atoms with E-state index in [2.05, 4.69) is 17.1 Å². The van der Waals surface area contributed by atoms with Crippen molar-refractivity contribution in [3.63, 3.8) is 0 Å². The molecular formula is C18H20N4O2S. The van der Waals surface area contributed by atoms with Crippen molar-refractivity contribution in [1.29, 1.82) is 0 Å². The summed E-state index contributed by atoms with van der Waals surface area (Å²) in [5.74, 6) is 1.86. The van der Waals surface area contributed by atoms with Crippen molar-refractivity contribution in [3.05, 3.63) is 46.3 Å². The molecule has 130 valence electrons. The Morgan fingerprint density at radius 1 is 1.28 bits per heavy atom. The van der Waals surface area contributed by atoms with Crippen LogP contribution < -0.4 is 5.56 Å². The van der Waals surface area contributed by atoms with E-state index in [9.17, 15) is 4.79 Å². The highest BCUT2D eigenvalue weighted by Crippen LogP contribution is 2.37. The van der Waals surface area contributed by atoms with E-state index in [0.717, 1.165) is 48.6 Å². The number of benzene rings is 1. The third kappa shape index (κ3) is 3.46. The standard InChI is InChI=1S/C18H20N4O2S/c1-2-3-8-15-20-16(24-21-15)11-25-18-19-14-7-5-4-6-13(14)17(23)22(18)12-9-10-12/h4-7,12H,2-3,8-11H2,1H3. The Hall–Kier alpha value is -2.15. The maximum Gasteiger partial charge on any atom is 0.262 e. The quantitative estimate of drug-likeness (QED) is 0.474. The van der Waals surface area contributed by atoms with Crippen molar-refractivity contribution >= 4 is 22.7 Å². The van der Waals surface area contributed by atoms with Crippen LogP contribution in [0.25, 0.3) is 10.9 Å². The van der Waals surface area contributed by atoms with Crippen molar-refractivity contribution in [1.82, 2.24) is 19.7 Å². The first-order valence-electron chi connectivity index (χ1n) is 8.72. The van der Waals surface area contributed by atoms with Gasteiger partial charge in [-0.2, -0.15) is 4.98 Å². The van der Waals surface area contributed by atoms with E-state index in [0.29, 0.717) is 17.0 Å². The molecule has 6 nitrogen and oxygen atoms in total. The molecule has 0 radical (unpaired) electrons. The number of para-hydroxylation sites is 1. The Balaban J connectivity index is 1.59. The summed E-state index contributed by atoms with van der Waals surface area (Å²) in [6.07, 6.45) is 5.07. The van der Waals surface area contributed by atoms with E-state index in [1.807, 2.05) is 28.8 Å². The van der Waals surface area contributed by atoms with Gasteiger partial charge < -0.3 is 4.52 Å². The third-order valence-electron chi connectivity index (χ3n) is 4.28. The van der Waals surface area contributed by atoms with E-state index in [1.54, 1.807) is 0 Å². The molecule has 4 rings (SSSR count). The number of fused-ring (bicyclic) bond motifs is 1. The van der Waals surface area contributed by atoms with Crippen LogP contribution in [-0.4, -0.2) is 19.7 Å². The van der Waals surface area contributed by atoms with Crippen LogP contribution >= 0.6 is 11.8 Å². The van der Waals surface area contributed by atoms with Gasteiger partial charge in [0.1, 0.15) is 0 Å². The van der Waals surface area contributed by atoms with Crippen LogP contribution in [0.2, 0.25) is 0 Å². The summed E-state index contributed by atoms with van der Waals surface area (Å²) in [5, 5.41) is 5.43. The molecule has 0 spiro atoms. The van der Waals surface area contributed by atoms with Crippen LogP contribution in [0.3, 0.4) is 0 Å². The monoisotopic (exact) mass is 356 g/mol. The summed E-state index contributed by atoms with van der Waals surface area (Å²) in [7, 11) is 0. The minimum atomic E-state index is 0.0461. The molecule has 1 fully saturated rings. The fourth-order valence-corrected chi connectivity index (χ4v) is 3.70. The number of hydrogen-bond acceptors (Lipinski definition) is 6. The normalized spacial score (nSPS) is 14.3. The molecule has 2 heterocycles. The lowest BCUT2D eigenvalue weighted by Crippen LogP contribution is -2.22. The highest BCUT2D eigenvalue weighted by molar-refractivity contribution is 7.98. The number of aryl methyl sites for hydroxylation is 1. The maximum absolute atomic E-state index is 12.8. The first kappa shape index (κ1) is 16.3. The molecule has 0 amide bonds. The fraction of sp³-hybridized carbons (Fsp3) is 0.444. The molecule has 0 unspecified atom stereocenters. The molecule has 1 saturated carbocycles. The van der Waals surface area contributed by atoms with Gasteiger partial charge in [-0.25, -0.2) is 4.98 Å². The Morgan fingerprint density at radius 3 is 2.92 bits per heavy atom. The van der Waals surface area contributed by atoms with Gasteiger partial charge in [0.2, 0.25) is 5.89 Å². The summed E-state index contributed by atoms with van der Waals surface area (Å²) in [4.78, 5) is 22.0. The molecule has 0 aliphatic heterocycles. The molecule has 7 heteroatoms. The first-order valence-corrected chi connectivity index (χ1v) is 9.70. The number of aromatic nitrogens is 4. The van der Waals surface area contributed by atoms with E-state index < -0.39 is 0 Å². The lowest BCUT2D eigenvalue weighted by atomic mass is 10.2. The molecular weight excluding hydrogens is 336 g/mol. The van der Waals surface area contributed by atoms with Crippen LogP contribution in [0.1, 0.15) is 50.4 Å². The summed E-state index contributed by atoms with van der Waals surface area (Å²) in [6, 6.07) is 7.78. The maximum atomic E-state index is 12.8. The van der Waals surface area contributed by atoms with Crippen molar-refractivity contribution in [2.24, 2.45) is 0 Å². The van der Waals surface area contributed by atoms with Crippen molar-refractivity contribution < 1.29 is 4.52 Å². The van der Waals surface area contributed by atoms with Gasteiger partial charge in [0.25, 0.3) is 5.56 Å². The van der Waals surface area contributed by atoms with Gasteiger partial charge in [-0.05, 0) is 31.4 Å². The second-order valence-electron chi connectivity index (χ2n) is 6.31. The van der Waals surface area contributed by atoms with Crippen molar-refractivity contribution in [2.45, 2.75) is 56.0 Å². The molecule has 0 atom stereocenters. The summed E-state index contributed by atoms with van der Waals surface area (Å²) in [6.45, 7) is 2.14. The lowest BCUT2D eigenvalue weighted by Gasteiger charge is -2.11. The predicted molar refractivity (Wildman–Crippen MR) is 96.7 cm³/mol. The molecule has 0 bridgehead atoms. The summed E-state index contributed by atoms with van der Waals surface area (Å²) >= 11 is 1.49. The largest absolute Gasteiger partial charge is 0.338 e. The van der Waals surface area contributed by atoms with Crippen molar-refractivity contribution in [2.75, 3.05) is 0 Å². The van der Waals surface area contributed by atoms with Crippen molar-refractivity contribution in [3.8, 4) is 0 Å². The van der Waals surface area contributed by atoms with Gasteiger partial charge in [0, 0.05) is 12.5 Å². The average molecular weight is 356 g/mol. The van der Waals surface area contributed by atoms with E-state index >= 15 is 0 Å². The molecule has 1 aromatic carbocycles. The predicted octanol–water partition coefficient (Wildman–Crippen LogP) is 3.75. The molecule has 3 aromatic rings. The van der Waals surface area contributed by atoms with E-state index in [4.69, 9.17) is 9.51 Å². The zero-order valence-corrected chi connectivity index (χ0v) is 15.0. The minimum Gasteiger partial charge on any atom is -0.338 e. The third-order valence-corrected chi connectivity index (χ3v) is 5.21. The topological polar surface area (TPSA) is 73.8 Å².